The Morgan fingerprint density at radius 3 is 2.47 bits per heavy atom. The zero-order valence-electron chi connectivity index (χ0n) is 19.9. The number of rotatable bonds is 9. The van der Waals surface area contributed by atoms with E-state index in [9.17, 15) is 23.3 Å². The number of anilines is 1. The van der Waals surface area contributed by atoms with E-state index in [1.165, 1.54) is 36.5 Å². The first-order valence-electron chi connectivity index (χ1n) is 11.2. The fraction of sp³-hybridized carbons (Fsp3) is 0.0769. The second-order valence-electron chi connectivity index (χ2n) is 8.05. The van der Waals surface area contributed by atoms with Gasteiger partial charge in [-0.2, -0.15) is 5.10 Å². The van der Waals surface area contributed by atoms with Crippen LogP contribution in [0.15, 0.2) is 99.3 Å². The second kappa shape index (κ2) is 11.3. The number of carbonyl (C=O) groups is 1. The van der Waals surface area contributed by atoms with E-state index in [1.54, 1.807) is 61.5 Å². The van der Waals surface area contributed by atoms with Crippen LogP contribution in [0, 0.1) is 17.0 Å². The summed E-state index contributed by atoms with van der Waals surface area (Å²) in [5.74, 6) is 0.0598. The van der Waals surface area contributed by atoms with Crippen molar-refractivity contribution in [1.29, 1.82) is 0 Å². The Morgan fingerprint density at radius 1 is 1.08 bits per heavy atom. The molecule has 0 saturated carbocycles. The number of hydrogen-bond donors (Lipinski definition) is 1. The van der Waals surface area contributed by atoms with Gasteiger partial charge in [0.25, 0.3) is 21.6 Å². The van der Waals surface area contributed by atoms with Gasteiger partial charge in [-0.1, -0.05) is 35.9 Å². The van der Waals surface area contributed by atoms with Gasteiger partial charge in [-0.05, 0) is 61.0 Å². The smallest absolute Gasteiger partial charge is 0.269 e. The summed E-state index contributed by atoms with van der Waals surface area (Å²) in [7, 11) is -4.10. The molecular weight excluding hydrogens is 532 g/mol. The van der Waals surface area contributed by atoms with Gasteiger partial charge in [0, 0.05) is 22.7 Å². The predicted octanol–water partition coefficient (Wildman–Crippen LogP) is 5.16. The summed E-state index contributed by atoms with van der Waals surface area (Å²) in [5.41, 5.74) is 3.77. The van der Waals surface area contributed by atoms with E-state index < -0.39 is 27.4 Å². The lowest BCUT2D eigenvalue weighted by Gasteiger charge is -2.25. The molecule has 1 heterocycles. The molecule has 1 amide bonds. The fourth-order valence-electron chi connectivity index (χ4n) is 3.53. The van der Waals surface area contributed by atoms with Crippen LogP contribution >= 0.6 is 11.6 Å². The maximum atomic E-state index is 13.4. The van der Waals surface area contributed by atoms with Gasteiger partial charge in [0.15, 0.2) is 0 Å². The fourth-order valence-corrected chi connectivity index (χ4v) is 5.19. The van der Waals surface area contributed by atoms with Crippen LogP contribution in [0.4, 0.5) is 11.4 Å². The molecule has 3 aromatic carbocycles. The molecule has 38 heavy (non-hydrogen) atoms. The van der Waals surface area contributed by atoms with Crippen LogP contribution in [0.3, 0.4) is 0 Å². The summed E-state index contributed by atoms with van der Waals surface area (Å²) >= 11 is 6.13. The Labute approximate surface area is 223 Å². The summed E-state index contributed by atoms with van der Waals surface area (Å²) in [6.45, 7) is 1.16. The molecule has 4 rings (SSSR count). The molecule has 0 atom stereocenters. The Morgan fingerprint density at radius 2 is 1.79 bits per heavy atom. The zero-order valence-corrected chi connectivity index (χ0v) is 21.5. The number of nitrogens with zero attached hydrogens (tertiary/aromatic N) is 3. The summed E-state index contributed by atoms with van der Waals surface area (Å²) in [6, 6.07) is 21.6. The van der Waals surface area contributed by atoms with Crippen LogP contribution in [0.5, 0.6) is 0 Å². The first-order valence-corrected chi connectivity index (χ1v) is 13.0. The van der Waals surface area contributed by atoms with Gasteiger partial charge in [0.2, 0.25) is 0 Å². The average Bonchev–Trinajstić information content (AvgIpc) is 3.38. The highest BCUT2D eigenvalue weighted by atomic mass is 35.5. The SMILES string of the molecule is Cc1ccc(Cl)cc1N(CC(=O)N/N=C\c1ccc(-c2ccc([N+](=O)[O-])cc2)o1)S(=O)(=O)c1ccccc1. The Balaban J connectivity index is 1.50. The molecule has 1 N–H and O–H groups in total. The molecule has 0 spiro atoms. The summed E-state index contributed by atoms with van der Waals surface area (Å²) in [4.78, 5) is 23.1. The molecule has 0 aliphatic carbocycles. The van der Waals surface area contributed by atoms with Crippen molar-refractivity contribution in [3.8, 4) is 11.3 Å². The van der Waals surface area contributed by atoms with E-state index in [0.29, 0.717) is 27.7 Å². The van der Waals surface area contributed by atoms with Crippen molar-refractivity contribution in [3.63, 3.8) is 0 Å². The van der Waals surface area contributed by atoms with Crippen molar-refractivity contribution in [2.24, 2.45) is 5.10 Å². The molecule has 4 aromatic rings. The van der Waals surface area contributed by atoms with Crippen LogP contribution in [0.2, 0.25) is 5.02 Å². The van der Waals surface area contributed by atoms with Gasteiger partial charge in [0.1, 0.15) is 18.1 Å². The van der Waals surface area contributed by atoms with Gasteiger partial charge in [-0.15, -0.1) is 0 Å². The number of amides is 1. The molecule has 0 fully saturated rings. The molecule has 0 aliphatic rings. The quantitative estimate of drug-likeness (QED) is 0.173. The second-order valence-corrected chi connectivity index (χ2v) is 10.4. The highest BCUT2D eigenvalue weighted by Gasteiger charge is 2.28. The molecule has 10 nitrogen and oxygen atoms in total. The Bertz CT molecular complexity index is 1600. The molecule has 12 heteroatoms. The highest BCUT2D eigenvalue weighted by Crippen LogP contribution is 2.29. The van der Waals surface area contributed by atoms with Gasteiger partial charge < -0.3 is 4.42 Å². The lowest BCUT2D eigenvalue weighted by molar-refractivity contribution is -0.384. The molecule has 1 aromatic heterocycles. The third-order valence-electron chi connectivity index (χ3n) is 5.43. The van der Waals surface area contributed by atoms with Crippen molar-refractivity contribution >= 4 is 45.1 Å². The van der Waals surface area contributed by atoms with E-state index in [-0.39, 0.29) is 16.3 Å². The number of non-ortho nitro benzene ring substituents is 1. The molecule has 194 valence electrons. The maximum absolute atomic E-state index is 13.4. The minimum Gasteiger partial charge on any atom is -0.455 e. The first kappa shape index (κ1) is 26.6. The standard InChI is InChI=1S/C26H21ClN4O6S/c1-18-7-10-20(27)15-24(18)30(38(35,36)23-5-3-2-4-6-23)17-26(32)29-28-16-22-13-14-25(37-22)19-8-11-21(12-9-19)31(33)34/h2-16H,17H2,1H3,(H,29,32)/b28-16-. The first-order chi connectivity index (χ1) is 18.1. The van der Waals surface area contributed by atoms with Crippen LogP contribution in [-0.4, -0.2) is 32.0 Å². The number of furan rings is 1. The third-order valence-corrected chi connectivity index (χ3v) is 7.44. The number of nitrogens with one attached hydrogen (secondary N) is 1. The van der Waals surface area contributed by atoms with Crippen LogP contribution in [-0.2, 0) is 14.8 Å². The monoisotopic (exact) mass is 552 g/mol. The van der Waals surface area contributed by atoms with Crippen molar-refractivity contribution in [2.45, 2.75) is 11.8 Å². The van der Waals surface area contributed by atoms with Crippen molar-refractivity contribution in [2.75, 3.05) is 10.8 Å². The average molecular weight is 553 g/mol. The number of halogens is 1. The van der Waals surface area contributed by atoms with Crippen molar-refractivity contribution in [3.05, 3.63) is 111 Å². The van der Waals surface area contributed by atoms with E-state index in [0.717, 1.165) is 4.31 Å². The third kappa shape index (κ3) is 6.07. The van der Waals surface area contributed by atoms with Crippen LogP contribution < -0.4 is 9.73 Å². The van der Waals surface area contributed by atoms with Crippen LogP contribution in [0.25, 0.3) is 11.3 Å². The summed E-state index contributed by atoms with van der Waals surface area (Å²) in [5, 5.41) is 15.0. The lowest BCUT2D eigenvalue weighted by Crippen LogP contribution is -2.40. The number of nitro groups is 1. The molecule has 0 aliphatic heterocycles. The number of carbonyl (C=O) groups excluding carboxylic acids is 1. The van der Waals surface area contributed by atoms with E-state index >= 15 is 0 Å². The molecule has 0 saturated heterocycles. The predicted molar refractivity (Wildman–Crippen MR) is 144 cm³/mol. The van der Waals surface area contributed by atoms with Gasteiger partial charge in [-0.3, -0.25) is 19.2 Å². The number of benzene rings is 3. The summed E-state index contributed by atoms with van der Waals surface area (Å²) in [6.07, 6.45) is 1.26. The Kier molecular flexibility index (Phi) is 7.89. The van der Waals surface area contributed by atoms with Crippen molar-refractivity contribution in [1.82, 2.24) is 5.43 Å². The number of aryl methyl sites for hydroxylation is 1. The van der Waals surface area contributed by atoms with Gasteiger partial charge in [-0.25, -0.2) is 13.8 Å². The normalized spacial score (nSPS) is 11.4. The maximum Gasteiger partial charge on any atom is 0.269 e. The van der Waals surface area contributed by atoms with Crippen molar-refractivity contribution < 1.29 is 22.6 Å². The molecule has 0 radical (unpaired) electrons. The minimum atomic E-state index is -4.10. The molecular formula is C26H21ClN4O6S. The number of nitro benzene ring substituents is 1. The number of sulfonamides is 1. The minimum absolute atomic E-state index is 0.0186. The lowest BCUT2D eigenvalue weighted by atomic mass is 10.1. The molecule has 0 bridgehead atoms. The number of hydrogen-bond acceptors (Lipinski definition) is 7. The van der Waals surface area contributed by atoms with E-state index in [1.807, 2.05) is 0 Å². The zero-order chi connectivity index (χ0) is 27.3. The summed E-state index contributed by atoms with van der Waals surface area (Å²) < 4.78 is 33.5. The van der Waals surface area contributed by atoms with E-state index in [2.05, 4.69) is 10.5 Å². The van der Waals surface area contributed by atoms with Gasteiger partial charge >= 0.3 is 0 Å². The largest absolute Gasteiger partial charge is 0.455 e. The van der Waals surface area contributed by atoms with Crippen LogP contribution in [0.1, 0.15) is 11.3 Å². The van der Waals surface area contributed by atoms with Gasteiger partial charge in [0.05, 0.1) is 21.7 Å². The topological polar surface area (TPSA) is 135 Å². The molecule has 0 unspecified atom stereocenters. The Hall–Kier alpha value is -4.48. The number of hydrazone groups is 1. The highest BCUT2D eigenvalue weighted by molar-refractivity contribution is 7.92. The van der Waals surface area contributed by atoms with E-state index in [4.69, 9.17) is 16.0 Å².